The van der Waals surface area contributed by atoms with Crippen LogP contribution in [0.2, 0.25) is 0 Å². The van der Waals surface area contributed by atoms with Crippen LogP contribution in [0.3, 0.4) is 0 Å². The molecule has 3 atom stereocenters. The average molecular weight is 391 g/mol. The first-order chi connectivity index (χ1) is 13.3. The molecule has 0 aliphatic carbocycles. The number of carbonyl (C=O) groups is 3. The molecule has 8 nitrogen and oxygen atoms in total. The monoisotopic (exact) mass is 391 g/mol. The number of benzene rings is 1. The zero-order valence-electron chi connectivity index (χ0n) is 16.6. The number of Topliss-reactive ketones (excluding diaryl/α,β-unsaturated/α-hetero) is 1. The predicted molar refractivity (Wildman–Crippen MR) is 106 cm³/mol. The van der Waals surface area contributed by atoms with Gasteiger partial charge >= 0.3 is 6.03 Å². The molecule has 1 aromatic rings. The molecule has 0 radical (unpaired) electrons. The van der Waals surface area contributed by atoms with Gasteiger partial charge in [-0.2, -0.15) is 0 Å². The Morgan fingerprint density at radius 2 is 2.04 bits per heavy atom. The molecule has 1 aromatic carbocycles. The molecule has 154 valence electrons. The smallest absolute Gasteiger partial charge is 0.319 e. The Hall–Kier alpha value is -2.45. The highest BCUT2D eigenvalue weighted by Crippen LogP contribution is 2.25. The predicted octanol–water partition coefficient (Wildman–Crippen LogP) is 2.21. The van der Waals surface area contributed by atoms with Gasteiger partial charge in [-0.05, 0) is 31.4 Å². The van der Waals surface area contributed by atoms with Crippen LogP contribution in [0.1, 0.15) is 37.6 Å². The van der Waals surface area contributed by atoms with Gasteiger partial charge < -0.3 is 20.5 Å². The largest absolute Gasteiger partial charge is 0.483 e. The van der Waals surface area contributed by atoms with Gasteiger partial charge in [0.15, 0.2) is 5.78 Å². The molecule has 2 heterocycles. The molecule has 0 spiro atoms. The van der Waals surface area contributed by atoms with Crippen molar-refractivity contribution in [3.05, 3.63) is 29.8 Å². The number of morpholine rings is 1. The van der Waals surface area contributed by atoms with Gasteiger partial charge in [-0.25, -0.2) is 4.79 Å². The van der Waals surface area contributed by atoms with E-state index in [1.807, 2.05) is 0 Å². The number of ketones is 1. The van der Waals surface area contributed by atoms with Gasteiger partial charge in [0, 0.05) is 36.4 Å². The quantitative estimate of drug-likeness (QED) is 0.536. The third-order valence-electron chi connectivity index (χ3n) is 5.05. The lowest BCUT2D eigenvalue weighted by Crippen LogP contribution is -2.48. The Morgan fingerprint density at radius 1 is 1.32 bits per heavy atom. The van der Waals surface area contributed by atoms with Crippen LogP contribution in [0.4, 0.5) is 10.5 Å². The minimum absolute atomic E-state index is 0.0172. The van der Waals surface area contributed by atoms with Crippen molar-refractivity contribution in [3.8, 4) is 0 Å². The normalized spacial score (nSPS) is 23.9. The third-order valence-corrected chi connectivity index (χ3v) is 5.05. The van der Waals surface area contributed by atoms with Crippen molar-refractivity contribution in [2.45, 2.75) is 45.4 Å². The summed E-state index contributed by atoms with van der Waals surface area (Å²) in [7, 11) is 0. The summed E-state index contributed by atoms with van der Waals surface area (Å²) in [5, 5.41) is 12.8. The number of amides is 2. The van der Waals surface area contributed by atoms with E-state index >= 15 is 0 Å². The first kappa shape index (κ1) is 21.8. The molecule has 3 rings (SSSR count). The number of nitrogens with one attached hydrogen (secondary N) is 2. The van der Waals surface area contributed by atoms with E-state index in [0.29, 0.717) is 23.2 Å². The van der Waals surface area contributed by atoms with E-state index in [2.05, 4.69) is 29.4 Å². The Bertz CT molecular complexity index is 694. The highest BCUT2D eigenvalue weighted by atomic mass is 16.5. The lowest BCUT2D eigenvalue weighted by molar-refractivity contribution is -0.122. The molecule has 2 amide bonds. The maximum absolute atomic E-state index is 12.3. The Morgan fingerprint density at radius 3 is 2.68 bits per heavy atom. The molecule has 2 saturated heterocycles. The summed E-state index contributed by atoms with van der Waals surface area (Å²) in [6.07, 6.45) is 1.18. The number of hydrogen-bond donors (Lipinski definition) is 3. The first-order valence-corrected chi connectivity index (χ1v) is 9.46. The second-order valence-corrected chi connectivity index (χ2v) is 7.50. The van der Waals surface area contributed by atoms with Crippen LogP contribution >= 0.6 is 0 Å². The Kier molecular flexibility index (Phi) is 7.95. The second-order valence-electron chi connectivity index (χ2n) is 7.50. The van der Waals surface area contributed by atoms with Crippen molar-refractivity contribution < 1.29 is 24.2 Å². The van der Waals surface area contributed by atoms with Crippen molar-refractivity contribution >= 4 is 24.0 Å². The van der Waals surface area contributed by atoms with Gasteiger partial charge in [0.1, 0.15) is 0 Å². The molecule has 0 aromatic heterocycles. The minimum atomic E-state index is -0.250. The van der Waals surface area contributed by atoms with Gasteiger partial charge in [0.25, 0.3) is 6.47 Å². The van der Waals surface area contributed by atoms with Gasteiger partial charge in [-0.1, -0.05) is 26.0 Å². The topological polar surface area (TPSA) is 108 Å². The molecular weight excluding hydrogens is 362 g/mol. The number of urea groups is 1. The van der Waals surface area contributed by atoms with Crippen LogP contribution in [-0.2, 0) is 9.53 Å². The van der Waals surface area contributed by atoms with Crippen LogP contribution in [0, 0.1) is 5.92 Å². The van der Waals surface area contributed by atoms with Gasteiger partial charge in [0.05, 0.1) is 12.7 Å². The van der Waals surface area contributed by atoms with Gasteiger partial charge in [-0.15, -0.1) is 0 Å². The summed E-state index contributed by atoms with van der Waals surface area (Å²) in [6.45, 7) is 8.16. The van der Waals surface area contributed by atoms with Crippen molar-refractivity contribution in [3.63, 3.8) is 0 Å². The number of anilines is 1. The van der Waals surface area contributed by atoms with Crippen molar-refractivity contribution in [1.82, 2.24) is 10.2 Å². The number of hydrogen-bond acceptors (Lipinski definition) is 5. The maximum Gasteiger partial charge on any atom is 0.319 e. The van der Waals surface area contributed by atoms with Crippen molar-refractivity contribution in [2.75, 3.05) is 25.0 Å². The van der Waals surface area contributed by atoms with E-state index in [4.69, 9.17) is 14.6 Å². The zero-order chi connectivity index (χ0) is 20.7. The fourth-order valence-corrected chi connectivity index (χ4v) is 3.58. The highest BCUT2D eigenvalue weighted by Gasteiger charge is 2.38. The molecule has 28 heavy (non-hydrogen) atoms. The SMILES string of the molecule is CC(=O)c1cccc(NC(=O)N[C@@H]2C[C@H]3CO[C@H](C(C)C)CN3C2)c1.O=CO. The summed E-state index contributed by atoms with van der Waals surface area (Å²) < 4.78 is 5.94. The lowest BCUT2D eigenvalue weighted by Gasteiger charge is -2.36. The van der Waals surface area contributed by atoms with E-state index in [0.717, 1.165) is 26.1 Å². The Labute approximate surface area is 165 Å². The van der Waals surface area contributed by atoms with E-state index in [1.165, 1.54) is 6.92 Å². The van der Waals surface area contributed by atoms with Crippen molar-refractivity contribution in [2.24, 2.45) is 5.92 Å². The molecule has 0 unspecified atom stereocenters. The number of carbonyl (C=O) groups excluding carboxylic acids is 2. The zero-order valence-corrected chi connectivity index (χ0v) is 16.6. The van der Waals surface area contributed by atoms with E-state index in [-0.39, 0.29) is 30.4 Å². The van der Waals surface area contributed by atoms with Crippen LogP contribution in [0.25, 0.3) is 0 Å². The van der Waals surface area contributed by atoms with Crippen LogP contribution in [-0.4, -0.2) is 66.2 Å². The summed E-state index contributed by atoms with van der Waals surface area (Å²) >= 11 is 0. The summed E-state index contributed by atoms with van der Waals surface area (Å²) in [6, 6.07) is 7.27. The van der Waals surface area contributed by atoms with E-state index < -0.39 is 0 Å². The number of ether oxygens (including phenoxy) is 1. The summed E-state index contributed by atoms with van der Waals surface area (Å²) in [5.41, 5.74) is 1.22. The van der Waals surface area contributed by atoms with Crippen LogP contribution in [0.5, 0.6) is 0 Å². The molecular formula is C20H29N3O5. The maximum atomic E-state index is 12.3. The highest BCUT2D eigenvalue weighted by molar-refractivity contribution is 5.96. The summed E-state index contributed by atoms with van der Waals surface area (Å²) in [5.74, 6) is 0.487. The Balaban J connectivity index is 0.000000878. The second kappa shape index (κ2) is 10.2. The number of nitrogens with zero attached hydrogens (tertiary/aromatic N) is 1. The lowest BCUT2D eigenvalue weighted by atomic mass is 10.0. The minimum Gasteiger partial charge on any atom is -0.483 e. The molecule has 0 saturated carbocycles. The molecule has 3 N–H and O–H groups in total. The average Bonchev–Trinajstić information content (AvgIpc) is 3.03. The van der Waals surface area contributed by atoms with Crippen LogP contribution in [0.15, 0.2) is 24.3 Å². The standard InChI is InChI=1S/C19H27N3O3.CH2O2/c1-12(2)18-10-22-9-16(8-17(22)11-25-18)21-19(24)20-15-6-4-5-14(7-15)13(3)23;2-1-3/h4-7,12,16-18H,8-11H2,1-3H3,(H2,20,21,24);1H,(H,2,3)/t16-,17+,18+;/m1./s1. The van der Waals surface area contributed by atoms with Crippen molar-refractivity contribution in [1.29, 1.82) is 0 Å². The van der Waals surface area contributed by atoms with Crippen LogP contribution < -0.4 is 10.6 Å². The van der Waals surface area contributed by atoms with Gasteiger partial charge in [0.2, 0.25) is 0 Å². The van der Waals surface area contributed by atoms with E-state index in [1.54, 1.807) is 24.3 Å². The molecule has 2 aliphatic heterocycles. The fourth-order valence-electron chi connectivity index (χ4n) is 3.58. The number of fused-ring (bicyclic) bond motifs is 1. The first-order valence-electron chi connectivity index (χ1n) is 9.46. The third kappa shape index (κ3) is 6.03. The number of carboxylic acid groups (broad SMARTS) is 1. The fraction of sp³-hybridized carbons (Fsp3) is 0.550. The summed E-state index contributed by atoms with van der Waals surface area (Å²) in [4.78, 5) is 34.5. The molecule has 2 fully saturated rings. The molecule has 0 bridgehead atoms. The number of rotatable bonds is 4. The molecule has 2 aliphatic rings. The molecule has 8 heteroatoms. The van der Waals surface area contributed by atoms with E-state index in [9.17, 15) is 9.59 Å². The van der Waals surface area contributed by atoms with Gasteiger partial charge in [-0.3, -0.25) is 14.5 Å².